The number of aliphatic hydroxyl groups excluding tert-OH is 1. The van der Waals surface area contributed by atoms with Crippen molar-refractivity contribution in [2.45, 2.75) is 71.4 Å². The first-order valence-corrected chi connectivity index (χ1v) is 12.4. The third kappa shape index (κ3) is 4.20. The summed E-state index contributed by atoms with van der Waals surface area (Å²) in [6, 6.07) is -0.143. The van der Waals surface area contributed by atoms with E-state index in [2.05, 4.69) is 18.6 Å². The van der Waals surface area contributed by atoms with Crippen molar-refractivity contribution in [2.24, 2.45) is 29.1 Å². The molecule has 1 amide bonds. The minimum Gasteiger partial charge on any atom is -0.392 e. The van der Waals surface area contributed by atoms with E-state index < -0.39 is 16.1 Å². The topological polar surface area (TPSA) is 86.7 Å². The second-order valence-electron chi connectivity index (χ2n) is 9.59. The van der Waals surface area contributed by atoms with Crippen molar-refractivity contribution in [2.75, 3.05) is 19.3 Å². The van der Waals surface area contributed by atoms with Crippen LogP contribution in [0.1, 0.15) is 59.3 Å². The van der Waals surface area contributed by atoms with Crippen LogP contribution in [-0.2, 0) is 14.8 Å². The molecule has 0 radical (unpaired) electrons. The zero-order chi connectivity index (χ0) is 20.0. The van der Waals surface area contributed by atoms with Crippen LogP contribution >= 0.6 is 0 Å². The van der Waals surface area contributed by atoms with Gasteiger partial charge in [0.25, 0.3) is 0 Å². The highest BCUT2D eigenvalue weighted by atomic mass is 32.2. The quantitative estimate of drug-likeness (QED) is 0.755. The van der Waals surface area contributed by atoms with Gasteiger partial charge in [-0.15, -0.1) is 0 Å². The standard InChI is InChI=1S/C20H36N2O4S/c1-13(19(24)22-11-5-6-12-22)15-7-9-20(3)10-8-16(21-27(4,25)26)14(2)17(20)18(15)23/h13-18,21,23H,5-12H2,1-4H3/t13-,14+,15?,16-,17+,18-,20-/m0/s1. The van der Waals surface area contributed by atoms with E-state index in [0.29, 0.717) is 0 Å². The van der Waals surface area contributed by atoms with Crippen LogP contribution in [0.25, 0.3) is 0 Å². The number of likely N-dealkylation sites (tertiary alicyclic amines) is 1. The van der Waals surface area contributed by atoms with Crippen molar-refractivity contribution in [3.63, 3.8) is 0 Å². The predicted octanol–water partition coefficient (Wildman–Crippen LogP) is 1.99. The van der Waals surface area contributed by atoms with Crippen LogP contribution in [0.15, 0.2) is 0 Å². The van der Waals surface area contributed by atoms with Gasteiger partial charge in [0.05, 0.1) is 12.4 Å². The highest BCUT2D eigenvalue weighted by molar-refractivity contribution is 7.88. The Morgan fingerprint density at radius 2 is 1.81 bits per heavy atom. The first-order chi connectivity index (χ1) is 12.5. The molecule has 3 rings (SSSR count). The smallest absolute Gasteiger partial charge is 0.225 e. The Bertz CT molecular complexity index is 661. The third-order valence-electron chi connectivity index (χ3n) is 7.70. The second-order valence-corrected chi connectivity index (χ2v) is 11.4. The number of carbonyl (C=O) groups excluding carboxylic acids is 1. The summed E-state index contributed by atoms with van der Waals surface area (Å²) in [5.41, 5.74) is 0.0153. The molecule has 7 heteroatoms. The molecule has 2 N–H and O–H groups in total. The fourth-order valence-corrected chi connectivity index (χ4v) is 7.03. The number of fused-ring (bicyclic) bond motifs is 1. The number of hydrogen-bond acceptors (Lipinski definition) is 4. The Kier molecular flexibility index (Phi) is 5.96. The van der Waals surface area contributed by atoms with Crippen LogP contribution < -0.4 is 4.72 Å². The van der Waals surface area contributed by atoms with Gasteiger partial charge in [-0.2, -0.15) is 0 Å². The van der Waals surface area contributed by atoms with E-state index in [9.17, 15) is 18.3 Å². The number of aliphatic hydroxyl groups is 1. The lowest BCUT2D eigenvalue weighted by atomic mass is 9.52. The van der Waals surface area contributed by atoms with Gasteiger partial charge < -0.3 is 10.0 Å². The van der Waals surface area contributed by atoms with E-state index in [4.69, 9.17) is 0 Å². The molecule has 27 heavy (non-hydrogen) atoms. The minimum atomic E-state index is -3.28. The minimum absolute atomic E-state index is 0.0121. The maximum Gasteiger partial charge on any atom is 0.225 e. The van der Waals surface area contributed by atoms with Crippen LogP contribution in [0, 0.1) is 29.1 Å². The molecule has 3 aliphatic rings. The molecule has 1 saturated heterocycles. The monoisotopic (exact) mass is 400 g/mol. The maximum absolute atomic E-state index is 12.9. The normalized spacial score (nSPS) is 41.2. The molecule has 2 aliphatic carbocycles. The number of sulfonamides is 1. The average Bonchev–Trinajstić information content (AvgIpc) is 3.10. The lowest BCUT2D eigenvalue weighted by Gasteiger charge is -2.56. The van der Waals surface area contributed by atoms with Crippen LogP contribution in [-0.4, -0.2) is 55.8 Å². The molecule has 1 heterocycles. The molecule has 0 aromatic carbocycles. The zero-order valence-electron chi connectivity index (χ0n) is 17.1. The highest BCUT2D eigenvalue weighted by Crippen LogP contribution is 2.55. The van der Waals surface area contributed by atoms with E-state index in [1.165, 1.54) is 6.26 Å². The molecule has 1 aliphatic heterocycles. The van der Waals surface area contributed by atoms with Gasteiger partial charge >= 0.3 is 0 Å². The van der Waals surface area contributed by atoms with Gasteiger partial charge in [0.1, 0.15) is 0 Å². The van der Waals surface area contributed by atoms with Crippen LogP contribution in [0.5, 0.6) is 0 Å². The van der Waals surface area contributed by atoms with Crippen molar-refractivity contribution in [1.29, 1.82) is 0 Å². The van der Waals surface area contributed by atoms with Crippen LogP contribution in [0.2, 0.25) is 0 Å². The Labute approximate surface area is 164 Å². The second kappa shape index (κ2) is 7.64. The van der Waals surface area contributed by atoms with E-state index in [-0.39, 0.29) is 41.0 Å². The van der Waals surface area contributed by atoms with E-state index in [1.54, 1.807) is 0 Å². The number of nitrogens with one attached hydrogen (secondary N) is 1. The Morgan fingerprint density at radius 1 is 1.22 bits per heavy atom. The number of rotatable bonds is 4. The van der Waals surface area contributed by atoms with E-state index in [1.807, 2.05) is 11.8 Å². The van der Waals surface area contributed by atoms with E-state index in [0.717, 1.165) is 51.6 Å². The molecule has 2 saturated carbocycles. The summed E-state index contributed by atoms with van der Waals surface area (Å²) in [5.74, 6) is 0.00608. The summed E-state index contributed by atoms with van der Waals surface area (Å²) in [6.07, 6.45) is 6.35. The van der Waals surface area contributed by atoms with E-state index >= 15 is 0 Å². The molecule has 1 unspecified atom stereocenters. The summed E-state index contributed by atoms with van der Waals surface area (Å²) < 4.78 is 26.3. The summed E-state index contributed by atoms with van der Waals surface area (Å²) in [7, 11) is -3.28. The Morgan fingerprint density at radius 3 is 2.41 bits per heavy atom. The van der Waals surface area contributed by atoms with Gasteiger partial charge in [0.15, 0.2) is 0 Å². The van der Waals surface area contributed by atoms with Crippen LogP contribution in [0.4, 0.5) is 0 Å². The predicted molar refractivity (Wildman–Crippen MR) is 105 cm³/mol. The highest BCUT2D eigenvalue weighted by Gasteiger charge is 2.54. The summed E-state index contributed by atoms with van der Waals surface area (Å²) >= 11 is 0. The van der Waals surface area contributed by atoms with Crippen molar-refractivity contribution >= 4 is 15.9 Å². The fourth-order valence-electron chi connectivity index (χ4n) is 6.14. The van der Waals surface area contributed by atoms with Gasteiger partial charge in [0, 0.05) is 25.0 Å². The van der Waals surface area contributed by atoms with Crippen molar-refractivity contribution in [3.05, 3.63) is 0 Å². The van der Waals surface area contributed by atoms with Crippen LogP contribution in [0.3, 0.4) is 0 Å². The molecule has 0 aromatic rings. The molecule has 7 atom stereocenters. The van der Waals surface area contributed by atoms with Gasteiger partial charge in [-0.25, -0.2) is 13.1 Å². The maximum atomic E-state index is 12.9. The molecular formula is C20H36N2O4S. The molecule has 6 nitrogen and oxygen atoms in total. The average molecular weight is 401 g/mol. The fraction of sp³-hybridized carbons (Fsp3) is 0.950. The first kappa shape index (κ1) is 21.1. The molecular weight excluding hydrogens is 364 g/mol. The van der Waals surface area contributed by atoms with Crippen molar-refractivity contribution in [1.82, 2.24) is 9.62 Å². The first-order valence-electron chi connectivity index (χ1n) is 10.5. The molecule has 0 aromatic heterocycles. The molecule has 0 spiro atoms. The van der Waals surface area contributed by atoms with Crippen molar-refractivity contribution < 1.29 is 18.3 Å². The number of nitrogens with zero attached hydrogens (tertiary/aromatic N) is 1. The van der Waals surface area contributed by atoms with Crippen molar-refractivity contribution in [3.8, 4) is 0 Å². The van der Waals surface area contributed by atoms with Gasteiger partial charge in [0.2, 0.25) is 15.9 Å². The van der Waals surface area contributed by atoms with Gasteiger partial charge in [-0.05, 0) is 61.7 Å². The van der Waals surface area contributed by atoms with Gasteiger partial charge in [-0.3, -0.25) is 4.79 Å². The van der Waals surface area contributed by atoms with Gasteiger partial charge in [-0.1, -0.05) is 20.8 Å². The summed E-state index contributed by atoms with van der Waals surface area (Å²) in [6.45, 7) is 7.94. The molecule has 3 fully saturated rings. The summed E-state index contributed by atoms with van der Waals surface area (Å²) in [4.78, 5) is 14.8. The number of carbonyl (C=O) groups is 1. The molecule has 156 valence electrons. The molecule has 0 bridgehead atoms. The number of hydrogen-bond donors (Lipinski definition) is 2. The Balaban J connectivity index is 1.77. The largest absolute Gasteiger partial charge is 0.392 e. The SMILES string of the molecule is C[C@H]1[C@@H]2[C@@H](O)C([C@H](C)C(=O)N3CCCC3)CC[C@@]2(C)CC[C@@H]1NS(C)(=O)=O. The summed E-state index contributed by atoms with van der Waals surface area (Å²) in [5, 5.41) is 11.3. The number of amides is 1. The lowest BCUT2D eigenvalue weighted by molar-refractivity contribution is -0.149. The Hall–Kier alpha value is -0.660. The third-order valence-corrected chi connectivity index (χ3v) is 8.43. The zero-order valence-corrected chi connectivity index (χ0v) is 18.0. The lowest BCUT2D eigenvalue weighted by Crippen LogP contribution is -2.58.